The van der Waals surface area contributed by atoms with Crippen LogP contribution in [0.1, 0.15) is 88.0 Å². The van der Waals surface area contributed by atoms with Crippen molar-refractivity contribution in [2.75, 3.05) is 0 Å². The van der Waals surface area contributed by atoms with Crippen LogP contribution in [0, 0.1) is 10.8 Å². The number of hydrogen-bond donors (Lipinski definition) is 1. The standard InChI is InChI=1S/C30H46O5SSi2/c1-12-20(17-26(31)32)25-16-14-22(36-25)19-33-21-13-15-23(27(29(2,3)4)34-37(8)9)24(18-21)28(30(5,6)7)35-38(10)11/h13-18,27-28H,12,19H2,1-11H3,(H,31,32). The first kappa shape index (κ1) is 32.5. The Hall–Kier alpha value is -1.72. The zero-order chi connectivity index (χ0) is 28.8. The third kappa shape index (κ3) is 9.48. The molecule has 0 saturated carbocycles. The Morgan fingerprint density at radius 2 is 1.47 bits per heavy atom. The van der Waals surface area contributed by atoms with Crippen molar-refractivity contribution < 1.29 is 23.5 Å². The minimum atomic E-state index is -0.967. The zero-order valence-electron chi connectivity index (χ0n) is 25.0. The molecular weight excluding hydrogens is 529 g/mol. The monoisotopic (exact) mass is 574 g/mol. The van der Waals surface area contributed by atoms with Crippen LogP contribution in [-0.4, -0.2) is 29.2 Å². The first-order valence-electron chi connectivity index (χ1n) is 13.3. The minimum Gasteiger partial charge on any atom is -0.488 e. The van der Waals surface area contributed by atoms with Crippen LogP contribution in [-0.2, 0) is 20.3 Å². The Labute approximate surface area is 237 Å². The van der Waals surface area contributed by atoms with Crippen LogP contribution in [0.15, 0.2) is 36.4 Å². The lowest BCUT2D eigenvalue weighted by Gasteiger charge is -2.39. The van der Waals surface area contributed by atoms with Gasteiger partial charge >= 0.3 is 5.97 Å². The number of hydrogen-bond acceptors (Lipinski definition) is 5. The molecule has 210 valence electrons. The van der Waals surface area contributed by atoms with E-state index in [4.69, 9.17) is 18.7 Å². The highest BCUT2D eigenvalue weighted by Crippen LogP contribution is 2.46. The smallest absolute Gasteiger partial charge is 0.328 e. The first-order chi connectivity index (χ1) is 17.5. The Kier molecular flexibility index (Phi) is 11.6. The maximum atomic E-state index is 11.2. The fourth-order valence-corrected chi connectivity index (χ4v) is 7.18. The van der Waals surface area contributed by atoms with Gasteiger partial charge in [-0.05, 0) is 84.4 Å². The fraction of sp³-hybridized carbons (Fsp3) is 0.567. The number of benzene rings is 1. The maximum absolute atomic E-state index is 11.2. The summed E-state index contributed by atoms with van der Waals surface area (Å²) in [4.78, 5) is 13.2. The lowest BCUT2D eigenvalue weighted by Crippen LogP contribution is -2.31. The molecule has 0 fully saturated rings. The van der Waals surface area contributed by atoms with Gasteiger partial charge in [0.15, 0.2) is 0 Å². The normalized spacial score (nSPS) is 14.7. The predicted molar refractivity (Wildman–Crippen MR) is 163 cm³/mol. The molecule has 0 spiro atoms. The van der Waals surface area contributed by atoms with E-state index in [9.17, 15) is 4.79 Å². The van der Waals surface area contributed by atoms with Gasteiger partial charge in [0.05, 0.1) is 12.2 Å². The number of carboxylic acid groups (broad SMARTS) is 1. The molecule has 5 nitrogen and oxygen atoms in total. The van der Waals surface area contributed by atoms with Crippen LogP contribution < -0.4 is 4.74 Å². The summed E-state index contributed by atoms with van der Waals surface area (Å²) in [5.74, 6) is -0.127. The molecule has 1 aromatic carbocycles. The molecular formula is C30H46O5SSi2. The summed E-state index contributed by atoms with van der Waals surface area (Å²) in [6, 6.07) is 10.3. The molecule has 0 aliphatic carbocycles. The van der Waals surface area contributed by atoms with E-state index in [1.54, 1.807) is 11.3 Å². The van der Waals surface area contributed by atoms with Crippen molar-refractivity contribution in [2.24, 2.45) is 10.8 Å². The number of thiophene rings is 1. The largest absolute Gasteiger partial charge is 0.488 e. The van der Waals surface area contributed by atoms with Crippen LogP contribution in [0.4, 0.5) is 0 Å². The Morgan fingerprint density at radius 3 is 1.95 bits per heavy atom. The van der Waals surface area contributed by atoms with Gasteiger partial charge in [-0.15, -0.1) is 11.3 Å². The van der Waals surface area contributed by atoms with Gasteiger partial charge in [0.25, 0.3) is 0 Å². The van der Waals surface area contributed by atoms with E-state index in [0.29, 0.717) is 13.0 Å². The average molecular weight is 575 g/mol. The van der Waals surface area contributed by atoms with Gasteiger partial charge in [0.1, 0.15) is 12.4 Å². The highest BCUT2D eigenvalue weighted by atomic mass is 32.1. The van der Waals surface area contributed by atoms with Crippen molar-refractivity contribution in [2.45, 2.75) is 99.9 Å². The summed E-state index contributed by atoms with van der Waals surface area (Å²) in [5, 5.41) is 9.17. The van der Waals surface area contributed by atoms with E-state index < -0.39 is 24.0 Å². The van der Waals surface area contributed by atoms with Crippen molar-refractivity contribution >= 4 is 41.0 Å². The molecule has 0 saturated heterocycles. The van der Waals surface area contributed by atoms with Crippen LogP contribution in [0.3, 0.4) is 0 Å². The van der Waals surface area contributed by atoms with Gasteiger partial charge in [-0.1, -0.05) is 54.5 Å². The molecule has 0 bridgehead atoms. The van der Waals surface area contributed by atoms with Crippen LogP contribution in [0.2, 0.25) is 26.2 Å². The van der Waals surface area contributed by atoms with Gasteiger partial charge < -0.3 is 18.7 Å². The predicted octanol–water partition coefficient (Wildman–Crippen LogP) is 8.91. The molecule has 8 heteroatoms. The molecule has 2 unspecified atom stereocenters. The molecule has 2 rings (SSSR count). The van der Waals surface area contributed by atoms with E-state index in [1.165, 1.54) is 11.6 Å². The Morgan fingerprint density at radius 1 is 0.921 bits per heavy atom. The molecule has 2 radical (unpaired) electrons. The number of rotatable bonds is 12. The topological polar surface area (TPSA) is 65.0 Å². The molecule has 0 amide bonds. The fourth-order valence-electron chi connectivity index (χ4n) is 4.27. The van der Waals surface area contributed by atoms with Crippen LogP contribution in [0.25, 0.3) is 5.57 Å². The summed E-state index contributed by atoms with van der Waals surface area (Å²) < 4.78 is 19.6. The van der Waals surface area contributed by atoms with E-state index >= 15 is 0 Å². The van der Waals surface area contributed by atoms with Gasteiger partial charge in [0.2, 0.25) is 18.1 Å². The summed E-state index contributed by atoms with van der Waals surface area (Å²) in [6.07, 6.45) is 1.81. The highest BCUT2D eigenvalue weighted by molar-refractivity contribution is 7.13. The zero-order valence-corrected chi connectivity index (χ0v) is 27.8. The summed E-state index contributed by atoms with van der Waals surface area (Å²) in [7, 11) is -1.90. The van der Waals surface area contributed by atoms with Crippen molar-refractivity contribution in [1.82, 2.24) is 0 Å². The molecule has 0 aliphatic heterocycles. The SMILES string of the molecule is CCC(=CC(=O)O)c1ccc(COc2ccc(C(O[Si](C)C)C(C)(C)C)c(C(O[Si](C)C)C(C)(C)C)c2)s1. The highest BCUT2D eigenvalue weighted by Gasteiger charge is 2.36. The molecule has 1 N–H and O–H groups in total. The summed E-state index contributed by atoms with van der Waals surface area (Å²) in [6.45, 7) is 24.5. The number of carboxylic acids is 1. The van der Waals surface area contributed by atoms with Gasteiger partial charge in [0, 0.05) is 15.8 Å². The molecule has 2 atom stereocenters. The summed E-state index contributed by atoms with van der Waals surface area (Å²) >= 11 is 1.57. The third-order valence-electron chi connectivity index (χ3n) is 5.94. The van der Waals surface area contributed by atoms with E-state index in [2.05, 4.69) is 79.9 Å². The van der Waals surface area contributed by atoms with E-state index in [-0.39, 0.29) is 23.0 Å². The van der Waals surface area contributed by atoms with Crippen molar-refractivity contribution in [3.63, 3.8) is 0 Å². The Balaban J connectivity index is 2.49. The second-order valence-corrected chi connectivity index (χ2v) is 17.5. The first-order valence-corrected chi connectivity index (χ1v) is 18.9. The van der Waals surface area contributed by atoms with Gasteiger partial charge in [-0.25, -0.2) is 4.79 Å². The van der Waals surface area contributed by atoms with E-state index in [0.717, 1.165) is 26.6 Å². The number of ether oxygens (including phenoxy) is 1. The molecule has 38 heavy (non-hydrogen) atoms. The number of allylic oxidation sites excluding steroid dienone is 1. The van der Waals surface area contributed by atoms with Gasteiger partial charge in [-0.3, -0.25) is 0 Å². The van der Waals surface area contributed by atoms with Gasteiger partial charge in [-0.2, -0.15) is 0 Å². The second kappa shape index (κ2) is 13.6. The van der Waals surface area contributed by atoms with Crippen LogP contribution in [0.5, 0.6) is 5.75 Å². The van der Waals surface area contributed by atoms with Crippen LogP contribution >= 0.6 is 11.3 Å². The molecule has 1 aromatic heterocycles. The quantitative estimate of drug-likeness (QED) is 0.202. The number of carbonyl (C=O) groups is 1. The molecule has 2 aromatic rings. The van der Waals surface area contributed by atoms with Crippen molar-refractivity contribution in [3.8, 4) is 5.75 Å². The summed E-state index contributed by atoms with van der Waals surface area (Å²) in [5.41, 5.74) is 2.93. The second-order valence-electron chi connectivity index (χ2n) is 12.3. The van der Waals surface area contributed by atoms with Crippen molar-refractivity contribution in [3.05, 3.63) is 57.3 Å². The third-order valence-corrected chi connectivity index (χ3v) is 8.49. The molecule has 0 aliphatic rings. The average Bonchev–Trinajstić information content (AvgIpc) is 3.25. The lowest BCUT2D eigenvalue weighted by molar-refractivity contribution is -0.131. The maximum Gasteiger partial charge on any atom is 0.328 e. The van der Waals surface area contributed by atoms with Crippen molar-refractivity contribution in [1.29, 1.82) is 0 Å². The minimum absolute atomic E-state index is 0.0541. The Bertz CT molecular complexity index is 1090. The number of aliphatic carboxylic acids is 1. The van der Waals surface area contributed by atoms with E-state index in [1.807, 2.05) is 25.1 Å². The lowest BCUT2D eigenvalue weighted by atomic mass is 9.77. The molecule has 1 heterocycles.